The zero-order valence-electron chi connectivity index (χ0n) is 10.3. The van der Waals surface area contributed by atoms with Crippen molar-refractivity contribution in [3.63, 3.8) is 0 Å². The molecule has 0 saturated heterocycles. The first kappa shape index (κ1) is 12.9. The number of carbonyl (C=O) groups excluding carboxylic acids is 1. The molecule has 1 aliphatic carbocycles. The maximum atomic E-state index is 12.1. The summed E-state index contributed by atoms with van der Waals surface area (Å²) in [7, 11) is 0. The quantitative estimate of drug-likeness (QED) is 0.817. The van der Waals surface area contributed by atoms with E-state index in [1.54, 1.807) is 0 Å². The van der Waals surface area contributed by atoms with Gasteiger partial charge in [-0.05, 0) is 65.1 Å². The number of carbonyl (C=O) groups is 1. The van der Waals surface area contributed by atoms with Gasteiger partial charge in [-0.3, -0.25) is 4.79 Å². The van der Waals surface area contributed by atoms with Crippen LogP contribution >= 0.6 is 22.6 Å². The second kappa shape index (κ2) is 4.96. The molecule has 0 spiro atoms. The number of hydrogen-bond acceptors (Lipinski definition) is 1. The minimum Gasteiger partial charge on any atom is -0.349 e. The smallest absolute Gasteiger partial charge is 0.251 e. The van der Waals surface area contributed by atoms with Crippen LogP contribution in [0.5, 0.6) is 0 Å². The van der Waals surface area contributed by atoms with Gasteiger partial charge in [0.1, 0.15) is 0 Å². The van der Waals surface area contributed by atoms with E-state index in [2.05, 4.69) is 41.8 Å². The minimum atomic E-state index is 0.0568. The van der Waals surface area contributed by atoms with Crippen LogP contribution in [-0.4, -0.2) is 11.9 Å². The molecule has 92 valence electrons. The maximum absolute atomic E-state index is 12.1. The molecule has 17 heavy (non-hydrogen) atoms. The van der Waals surface area contributed by atoms with Crippen molar-refractivity contribution in [2.24, 2.45) is 5.41 Å². The summed E-state index contributed by atoms with van der Waals surface area (Å²) in [6, 6.07) is 8.03. The van der Waals surface area contributed by atoms with Crippen molar-refractivity contribution in [1.29, 1.82) is 0 Å². The predicted octanol–water partition coefficient (Wildman–Crippen LogP) is 3.60. The van der Waals surface area contributed by atoms with E-state index in [1.165, 1.54) is 12.8 Å². The highest BCUT2D eigenvalue weighted by Crippen LogP contribution is 2.37. The molecular formula is C14H18INO. The van der Waals surface area contributed by atoms with E-state index in [0.717, 1.165) is 15.6 Å². The molecule has 0 radical (unpaired) electrons. The lowest BCUT2D eigenvalue weighted by Crippen LogP contribution is -2.41. The zero-order chi connectivity index (χ0) is 12.5. The molecule has 1 aromatic carbocycles. The standard InChI is InChI=1S/C14H18INO/c1-14(2)9-3-4-12(14)16-13(17)10-5-7-11(15)8-6-10/h5-8,12H,3-4,9H2,1-2H3,(H,16,17). The molecule has 1 fully saturated rings. The summed E-state index contributed by atoms with van der Waals surface area (Å²) < 4.78 is 1.15. The normalized spacial score (nSPS) is 22.4. The highest BCUT2D eigenvalue weighted by Gasteiger charge is 2.35. The molecule has 1 aromatic rings. The Balaban J connectivity index is 2.04. The first-order valence-corrected chi connectivity index (χ1v) is 7.13. The van der Waals surface area contributed by atoms with E-state index in [1.807, 2.05) is 24.3 Å². The van der Waals surface area contributed by atoms with Crippen molar-refractivity contribution in [2.75, 3.05) is 0 Å². The van der Waals surface area contributed by atoms with Crippen LogP contribution in [0.2, 0.25) is 0 Å². The van der Waals surface area contributed by atoms with Gasteiger partial charge >= 0.3 is 0 Å². The van der Waals surface area contributed by atoms with Crippen molar-refractivity contribution >= 4 is 28.5 Å². The largest absolute Gasteiger partial charge is 0.349 e. The van der Waals surface area contributed by atoms with Crippen LogP contribution in [-0.2, 0) is 0 Å². The molecule has 0 heterocycles. The first-order valence-electron chi connectivity index (χ1n) is 6.05. The third-order valence-corrected chi connectivity index (χ3v) is 4.39. The number of hydrogen-bond donors (Lipinski definition) is 1. The lowest BCUT2D eigenvalue weighted by Gasteiger charge is -2.27. The molecular weight excluding hydrogens is 325 g/mol. The van der Waals surface area contributed by atoms with Crippen LogP contribution in [0.25, 0.3) is 0 Å². The Hall–Kier alpha value is -0.580. The lowest BCUT2D eigenvalue weighted by molar-refractivity contribution is 0.0910. The first-order chi connectivity index (χ1) is 7.99. The Morgan fingerprint density at radius 3 is 2.53 bits per heavy atom. The van der Waals surface area contributed by atoms with E-state index in [4.69, 9.17) is 0 Å². The molecule has 0 aromatic heterocycles. The Morgan fingerprint density at radius 1 is 1.35 bits per heavy atom. The SMILES string of the molecule is CC1(C)CCCC1NC(=O)c1ccc(I)cc1. The molecule has 1 saturated carbocycles. The summed E-state index contributed by atoms with van der Waals surface area (Å²) >= 11 is 2.24. The van der Waals surface area contributed by atoms with Crippen LogP contribution < -0.4 is 5.32 Å². The highest BCUT2D eigenvalue weighted by atomic mass is 127. The molecule has 2 nitrogen and oxygen atoms in total. The summed E-state index contributed by atoms with van der Waals surface area (Å²) in [5.74, 6) is 0.0568. The highest BCUT2D eigenvalue weighted by molar-refractivity contribution is 14.1. The second-order valence-corrected chi connectivity index (χ2v) is 6.66. The summed E-state index contributed by atoms with van der Waals surface area (Å²) in [5.41, 5.74) is 0.992. The summed E-state index contributed by atoms with van der Waals surface area (Å²) in [5, 5.41) is 3.16. The van der Waals surface area contributed by atoms with Gasteiger partial charge in [-0.2, -0.15) is 0 Å². The van der Waals surface area contributed by atoms with E-state index >= 15 is 0 Å². The molecule has 3 heteroatoms. The Morgan fingerprint density at radius 2 is 2.00 bits per heavy atom. The van der Waals surface area contributed by atoms with Crippen molar-refractivity contribution < 1.29 is 4.79 Å². The van der Waals surface area contributed by atoms with Gasteiger partial charge in [0.2, 0.25) is 0 Å². The van der Waals surface area contributed by atoms with Crippen molar-refractivity contribution in [1.82, 2.24) is 5.32 Å². The molecule has 1 atom stereocenters. The third-order valence-electron chi connectivity index (χ3n) is 3.67. The molecule has 1 N–H and O–H groups in total. The van der Waals surface area contributed by atoms with Crippen molar-refractivity contribution in [3.8, 4) is 0 Å². The van der Waals surface area contributed by atoms with Crippen molar-refractivity contribution in [2.45, 2.75) is 39.2 Å². The molecule has 0 aliphatic heterocycles. The summed E-state index contributed by atoms with van der Waals surface area (Å²) in [4.78, 5) is 12.1. The van der Waals surface area contributed by atoms with E-state index in [-0.39, 0.29) is 11.3 Å². The van der Waals surface area contributed by atoms with E-state index in [0.29, 0.717) is 6.04 Å². The maximum Gasteiger partial charge on any atom is 0.251 e. The average molecular weight is 343 g/mol. The van der Waals surface area contributed by atoms with Crippen LogP contribution in [0.15, 0.2) is 24.3 Å². The van der Waals surface area contributed by atoms with Crippen LogP contribution in [0.1, 0.15) is 43.5 Å². The number of benzene rings is 1. The number of rotatable bonds is 2. The Kier molecular flexibility index (Phi) is 3.76. The van der Waals surface area contributed by atoms with Gasteiger partial charge in [-0.15, -0.1) is 0 Å². The Labute approximate surface area is 116 Å². The lowest BCUT2D eigenvalue weighted by atomic mass is 9.87. The monoisotopic (exact) mass is 343 g/mol. The molecule has 0 bridgehead atoms. The van der Waals surface area contributed by atoms with Gasteiger partial charge in [0, 0.05) is 15.2 Å². The average Bonchev–Trinajstić information content (AvgIpc) is 2.59. The number of nitrogens with one attached hydrogen (secondary N) is 1. The Bertz CT molecular complexity index is 411. The van der Waals surface area contributed by atoms with Gasteiger partial charge in [-0.25, -0.2) is 0 Å². The molecule has 1 unspecified atom stereocenters. The fraction of sp³-hybridized carbons (Fsp3) is 0.500. The van der Waals surface area contributed by atoms with Gasteiger partial charge in [0.05, 0.1) is 0 Å². The molecule has 2 rings (SSSR count). The fourth-order valence-corrected chi connectivity index (χ4v) is 2.80. The van der Waals surface area contributed by atoms with Crippen LogP contribution in [0, 0.1) is 8.99 Å². The molecule has 1 aliphatic rings. The third kappa shape index (κ3) is 3.00. The number of halogens is 1. The van der Waals surface area contributed by atoms with Gasteiger partial charge in [-0.1, -0.05) is 20.3 Å². The second-order valence-electron chi connectivity index (χ2n) is 5.41. The van der Waals surface area contributed by atoms with Crippen LogP contribution in [0.3, 0.4) is 0 Å². The van der Waals surface area contributed by atoms with Gasteiger partial charge in [0.25, 0.3) is 5.91 Å². The fourth-order valence-electron chi connectivity index (χ4n) is 2.44. The molecule has 1 amide bonds. The summed E-state index contributed by atoms with van der Waals surface area (Å²) in [6.45, 7) is 4.47. The van der Waals surface area contributed by atoms with E-state index in [9.17, 15) is 4.79 Å². The van der Waals surface area contributed by atoms with Crippen LogP contribution in [0.4, 0.5) is 0 Å². The van der Waals surface area contributed by atoms with E-state index < -0.39 is 0 Å². The minimum absolute atomic E-state index is 0.0568. The number of amides is 1. The van der Waals surface area contributed by atoms with Gasteiger partial charge in [0.15, 0.2) is 0 Å². The van der Waals surface area contributed by atoms with Crippen molar-refractivity contribution in [3.05, 3.63) is 33.4 Å². The summed E-state index contributed by atoms with van der Waals surface area (Å²) in [6.07, 6.45) is 3.51. The predicted molar refractivity (Wildman–Crippen MR) is 78.0 cm³/mol. The topological polar surface area (TPSA) is 29.1 Å². The zero-order valence-corrected chi connectivity index (χ0v) is 12.5. The van der Waals surface area contributed by atoms with Gasteiger partial charge < -0.3 is 5.32 Å².